The van der Waals surface area contributed by atoms with E-state index in [0.29, 0.717) is 6.54 Å². The van der Waals surface area contributed by atoms with Crippen LogP contribution >= 0.6 is 0 Å². The molecule has 1 aromatic heterocycles. The second-order valence-corrected chi connectivity index (χ2v) is 4.51. The number of urea groups is 1. The lowest BCUT2D eigenvalue weighted by Gasteiger charge is -2.18. The zero-order valence-electron chi connectivity index (χ0n) is 11.1. The summed E-state index contributed by atoms with van der Waals surface area (Å²) in [5.41, 5.74) is 3.02. The van der Waals surface area contributed by atoms with Crippen molar-refractivity contribution in [3.63, 3.8) is 0 Å². The molecule has 2 amide bonds. The van der Waals surface area contributed by atoms with Crippen LogP contribution in [0.15, 0.2) is 48.8 Å². The molecule has 0 atom stereocenters. The van der Waals surface area contributed by atoms with Gasteiger partial charge in [-0.3, -0.25) is 4.98 Å². The number of carbonyl (C=O) groups is 1. The van der Waals surface area contributed by atoms with Gasteiger partial charge in [0.25, 0.3) is 0 Å². The molecule has 1 N–H and O–H groups in total. The molecule has 1 heterocycles. The Hall–Kier alpha value is -2.36. The summed E-state index contributed by atoms with van der Waals surface area (Å²) in [7, 11) is 1.77. The molecule has 0 unspecified atom stereocenters. The van der Waals surface area contributed by atoms with Crippen molar-refractivity contribution in [2.75, 3.05) is 12.4 Å². The first-order chi connectivity index (χ1) is 9.15. The van der Waals surface area contributed by atoms with E-state index in [0.717, 1.165) is 11.3 Å². The van der Waals surface area contributed by atoms with Crippen LogP contribution in [0.2, 0.25) is 0 Å². The smallest absolute Gasteiger partial charge is 0.321 e. The number of benzene rings is 1. The Labute approximate surface area is 113 Å². The highest BCUT2D eigenvalue weighted by molar-refractivity contribution is 5.89. The quantitative estimate of drug-likeness (QED) is 0.916. The van der Waals surface area contributed by atoms with E-state index in [-0.39, 0.29) is 6.03 Å². The van der Waals surface area contributed by atoms with Crippen LogP contribution in [0.5, 0.6) is 0 Å². The summed E-state index contributed by atoms with van der Waals surface area (Å²) >= 11 is 0. The van der Waals surface area contributed by atoms with Crippen molar-refractivity contribution in [2.24, 2.45) is 0 Å². The minimum Gasteiger partial charge on any atom is -0.323 e. The maximum Gasteiger partial charge on any atom is 0.321 e. The average Bonchev–Trinajstić information content (AvgIpc) is 2.42. The molecule has 0 saturated carbocycles. The van der Waals surface area contributed by atoms with Crippen LogP contribution in [0.1, 0.15) is 11.1 Å². The Morgan fingerprint density at radius 3 is 2.42 bits per heavy atom. The summed E-state index contributed by atoms with van der Waals surface area (Å²) in [5, 5.41) is 2.86. The van der Waals surface area contributed by atoms with E-state index in [9.17, 15) is 4.79 Å². The molecule has 0 radical (unpaired) electrons. The molecule has 0 aliphatic rings. The number of rotatable bonds is 3. The van der Waals surface area contributed by atoms with Gasteiger partial charge in [-0.1, -0.05) is 17.7 Å². The van der Waals surface area contributed by atoms with Crippen LogP contribution in [0.25, 0.3) is 0 Å². The number of amides is 2. The summed E-state index contributed by atoms with van der Waals surface area (Å²) in [4.78, 5) is 17.6. The third-order valence-electron chi connectivity index (χ3n) is 2.82. The molecule has 2 aromatic rings. The van der Waals surface area contributed by atoms with Crippen molar-refractivity contribution in [1.29, 1.82) is 0 Å². The lowest BCUT2D eigenvalue weighted by Crippen LogP contribution is -2.30. The van der Waals surface area contributed by atoms with Gasteiger partial charge in [0.2, 0.25) is 0 Å². The molecule has 0 spiro atoms. The maximum atomic E-state index is 12.0. The molecule has 4 nitrogen and oxygen atoms in total. The number of aromatic nitrogens is 1. The van der Waals surface area contributed by atoms with E-state index in [1.54, 1.807) is 24.3 Å². The van der Waals surface area contributed by atoms with E-state index >= 15 is 0 Å². The van der Waals surface area contributed by atoms with Gasteiger partial charge in [0.15, 0.2) is 0 Å². The van der Waals surface area contributed by atoms with Gasteiger partial charge in [-0.2, -0.15) is 0 Å². The van der Waals surface area contributed by atoms with Crippen molar-refractivity contribution in [3.05, 3.63) is 59.9 Å². The minimum absolute atomic E-state index is 0.124. The van der Waals surface area contributed by atoms with Gasteiger partial charge in [0.05, 0.1) is 0 Å². The fourth-order valence-corrected chi connectivity index (χ4v) is 1.69. The van der Waals surface area contributed by atoms with Gasteiger partial charge in [-0.25, -0.2) is 4.79 Å². The third-order valence-corrected chi connectivity index (χ3v) is 2.82. The average molecular weight is 255 g/mol. The van der Waals surface area contributed by atoms with E-state index in [4.69, 9.17) is 0 Å². The molecule has 1 aromatic carbocycles. The van der Waals surface area contributed by atoms with Crippen molar-refractivity contribution < 1.29 is 4.79 Å². The number of hydrogen-bond donors (Lipinski definition) is 1. The summed E-state index contributed by atoms with van der Waals surface area (Å²) in [5.74, 6) is 0. The molecule has 0 saturated heterocycles. The Morgan fingerprint density at radius 1 is 1.16 bits per heavy atom. The first kappa shape index (κ1) is 13.1. The van der Waals surface area contributed by atoms with Crippen LogP contribution in [0.3, 0.4) is 0 Å². The zero-order chi connectivity index (χ0) is 13.7. The van der Waals surface area contributed by atoms with Crippen LogP contribution in [0.4, 0.5) is 10.5 Å². The lowest BCUT2D eigenvalue weighted by atomic mass is 10.2. The SMILES string of the molecule is Cc1ccc(NC(=O)N(C)Cc2ccncc2)cc1. The number of hydrogen-bond acceptors (Lipinski definition) is 2. The van der Waals surface area contributed by atoms with Crippen LogP contribution in [0, 0.1) is 6.92 Å². The van der Waals surface area contributed by atoms with E-state index in [1.165, 1.54) is 5.56 Å². The summed E-state index contributed by atoms with van der Waals surface area (Å²) < 4.78 is 0. The fourth-order valence-electron chi connectivity index (χ4n) is 1.69. The summed E-state index contributed by atoms with van der Waals surface area (Å²) in [6.45, 7) is 2.57. The van der Waals surface area contributed by atoms with E-state index in [1.807, 2.05) is 43.3 Å². The highest BCUT2D eigenvalue weighted by atomic mass is 16.2. The summed E-state index contributed by atoms with van der Waals surface area (Å²) in [6, 6.07) is 11.4. The van der Waals surface area contributed by atoms with Crippen molar-refractivity contribution in [3.8, 4) is 0 Å². The Bertz CT molecular complexity index is 537. The molecule has 0 aliphatic carbocycles. The predicted molar refractivity (Wildman–Crippen MR) is 75.9 cm³/mol. The molecule has 4 heteroatoms. The lowest BCUT2D eigenvalue weighted by molar-refractivity contribution is 0.220. The van der Waals surface area contributed by atoms with Gasteiger partial charge in [-0.15, -0.1) is 0 Å². The second kappa shape index (κ2) is 6.00. The number of aryl methyl sites for hydroxylation is 1. The van der Waals surface area contributed by atoms with E-state index in [2.05, 4.69) is 10.3 Å². The van der Waals surface area contributed by atoms with Gasteiger partial charge in [0.1, 0.15) is 0 Å². The molecule has 0 aliphatic heterocycles. The summed E-state index contributed by atoms with van der Waals surface area (Å²) in [6.07, 6.45) is 3.45. The topological polar surface area (TPSA) is 45.2 Å². The zero-order valence-corrected chi connectivity index (χ0v) is 11.1. The second-order valence-electron chi connectivity index (χ2n) is 4.51. The number of nitrogens with one attached hydrogen (secondary N) is 1. The molecule has 98 valence electrons. The number of anilines is 1. The molecule has 0 fully saturated rings. The van der Waals surface area contributed by atoms with Gasteiger partial charge < -0.3 is 10.2 Å². The van der Waals surface area contributed by atoms with Crippen LogP contribution in [-0.4, -0.2) is 23.0 Å². The van der Waals surface area contributed by atoms with Crippen LogP contribution in [-0.2, 0) is 6.54 Å². The van der Waals surface area contributed by atoms with Gasteiger partial charge >= 0.3 is 6.03 Å². The fraction of sp³-hybridized carbons (Fsp3) is 0.200. The Morgan fingerprint density at radius 2 is 1.79 bits per heavy atom. The molecule has 2 rings (SSSR count). The van der Waals surface area contributed by atoms with E-state index < -0.39 is 0 Å². The highest BCUT2D eigenvalue weighted by Gasteiger charge is 2.08. The van der Waals surface area contributed by atoms with Crippen molar-refractivity contribution in [2.45, 2.75) is 13.5 Å². The molecule has 19 heavy (non-hydrogen) atoms. The highest BCUT2D eigenvalue weighted by Crippen LogP contribution is 2.10. The van der Waals surface area contributed by atoms with Crippen molar-refractivity contribution in [1.82, 2.24) is 9.88 Å². The molecule has 0 bridgehead atoms. The van der Waals surface area contributed by atoms with Crippen molar-refractivity contribution >= 4 is 11.7 Å². The van der Waals surface area contributed by atoms with Gasteiger partial charge in [-0.05, 0) is 36.8 Å². The maximum absolute atomic E-state index is 12.0. The first-order valence-electron chi connectivity index (χ1n) is 6.13. The number of nitrogens with zero attached hydrogens (tertiary/aromatic N) is 2. The molecular formula is C15H17N3O. The molecular weight excluding hydrogens is 238 g/mol. The Kier molecular flexibility index (Phi) is 4.13. The normalized spacial score (nSPS) is 10.0. The minimum atomic E-state index is -0.124. The first-order valence-corrected chi connectivity index (χ1v) is 6.13. The monoisotopic (exact) mass is 255 g/mol. The number of carbonyl (C=O) groups excluding carboxylic acids is 1. The Balaban J connectivity index is 1.94. The van der Waals surface area contributed by atoms with Gasteiger partial charge in [0, 0.05) is 31.7 Å². The predicted octanol–water partition coefficient (Wildman–Crippen LogP) is 3.05. The number of pyridine rings is 1. The third kappa shape index (κ3) is 3.81. The largest absolute Gasteiger partial charge is 0.323 e. The standard InChI is InChI=1S/C15H17N3O/c1-12-3-5-14(6-4-12)17-15(19)18(2)11-13-7-9-16-10-8-13/h3-10H,11H2,1-2H3,(H,17,19). The van der Waals surface area contributed by atoms with Crippen LogP contribution < -0.4 is 5.32 Å².